The summed E-state index contributed by atoms with van der Waals surface area (Å²) in [5, 5.41) is 7.14. The van der Waals surface area contributed by atoms with Gasteiger partial charge in [0.1, 0.15) is 0 Å². The largest absolute Gasteiger partial charge is 0.479 e. The summed E-state index contributed by atoms with van der Waals surface area (Å²) in [5.41, 5.74) is 0. The number of piperidine rings is 1. The number of aromatic nitrogens is 1. The van der Waals surface area contributed by atoms with Crippen LogP contribution in [0.4, 0.5) is 0 Å². The number of nitrogens with zero attached hydrogens (tertiary/aromatic N) is 2. The number of ether oxygens (including phenoxy) is 1. The third-order valence-corrected chi connectivity index (χ3v) is 3.85. The van der Waals surface area contributed by atoms with Crippen LogP contribution >= 0.6 is 0 Å². The molecule has 2 aliphatic rings. The lowest BCUT2D eigenvalue weighted by Gasteiger charge is -2.34. The second kappa shape index (κ2) is 4.61. The summed E-state index contributed by atoms with van der Waals surface area (Å²) >= 11 is 0. The number of hydrogen-bond acceptors (Lipinski definition) is 5. The predicted octanol–water partition coefficient (Wildman–Crippen LogP) is 0.507. The molecule has 6 heteroatoms. The Kier molecular flexibility index (Phi) is 2.95. The summed E-state index contributed by atoms with van der Waals surface area (Å²) in [6.45, 7) is 2.64. The number of hydrogen-bond donors (Lipinski definition) is 1. The molecule has 6 nitrogen and oxygen atoms in total. The van der Waals surface area contributed by atoms with E-state index in [4.69, 9.17) is 9.26 Å². The molecule has 2 atom stereocenters. The van der Waals surface area contributed by atoms with Crippen molar-refractivity contribution in [1.82, 2.24) is 15.4 Å². The number of amides is 1. The minimum absolute atomic E-state index is 0.0869. The molecule has 0 saturated carbocycles. The maximum Gasteiger partial charge on any atom is 0.292 e. The van der Waals surface area contributed by atoms with Gasteiger partial charge in [0.05, 0.1) is 13.2 Å². The number of carbonyl (C=O) groups is 1. The van der Waals surface area contributed by atoms with Crippen LogP contribution in [-0.4, -0.2) is 48.7 Å². The molecule has 2 fully saturated rings. The van der Waals surface area contributed by atoms with Gasteiger partial charge in [-0.1, -0.05) is 0 Å². The fourth-order valence-electron chi connectivity index (χ4n) is 2.84. The van der Waals surface area contributed by atoms with Gasteiger partial charge >= 0.3 is 0 Å². The summed E-state index contributed by atoms with van der Waals surface area (Å²) in [7, 11) is 1.50. The third-order valence-electron chi connectivity index (χ3n) is 3.85. The molecule has 0 spiro atoms. The molecule has 1 amide bonds. The van der Waals surface area contributed by atoms with Crippen LogP contribution in [0.1, 0.15) is 23.4 Å². The first kappa shape index (κ1) is 11.5. The van der Waals surface area contributed by atoms with Crippen LogP contribution in [0.25, 0.3) is 0 Å². The van der Waals surface area contributed by atoms with Gasteiger partial charge in [-0.05, 0) is 30.5 Å². The highest BCUT2D eigenvalue weighted by molar-refractivity contribution is 5.91. The molecule has 98 valence electrons. The van der Waals surface area contributed by atoms with Gasteiger partial charge in [0.15, 0.2) is 0 Å². The van der Waals surface area contributed by atoms with Crippen molar-refractivity contribution in [1.29, 1.82) is 0 Å². The van der Waals surface area contributed by atoms with Crippen molar-refractivity contribution >= 4 is 5.91 Å². The molecule has 0 bridgehead atoms. The van der Waals surface area contributed by atoms with Gasteiger partial charge in [-0.25, -0.2) is 0 Å². The zero-order chi connectivity index (χ0) is 12.5. The van der Waals surface area contributed by atoms with Gasteiger partial charge in [0, 0.05) is 19.1 Å². The number of nitrogens with one attached hydrogen (secondary N) is 1. The van der Waals surface area contributed by atoms with Gasteiger partial charge in [-0.2, -0.15) is 0 Å². The fourth-order valence-corrected chi connectivity index (χ4v) is 2.84. The minimum Gasteiger partial charge on any atom is -0.479 e. The molecule has 0 aromatic carbocycles. The second-order valence-corrected chi connectivity index (χ2v) is 4.88. The minimum atomic E-state index is -0.0869. The zero-order valence-corrected chi connectivity index (χ0v) is 10.4. The molecular formula is C12H17N3O3. The molecule has 0 aliphatic carbocycles. The average molecular weight is 251 g/mol. The van der Waals surface area contributed by atoms with Crippen LogP contribution in [0.2, 0.25) is 0 Å². The van der Waals surface area contributed by atoms with Crippen molar-refractivity contribution in [3.8, 4) is 5.88 Å². The lowest BCUT2D eigenvalue weighted by atomic mass is 9.93. The van der Waals surface area contributed by atoms with E-state index >= 15 is 0 Å². The van der Waals surface area contributed by atoms with E-state index in [0.29, 0.717) is 17.8 Å². The normalized spacial score (nSPS) is 27.1. The van der Waals surface area contributed by atoms with Crippen LogP contribution in [-0.2, 0) is 0 Å². The Morgan fingerprint density at radius 1 is 1.61 bits per heavy atom. The highest BCUT2D eigenvalue weighted by Gasteiger charge is 2.35. The molecule has 2 saturated heterocycles. The van der Waals surface area contributed by atoms with Gasteiger partial charge in [-0.3, -0.25) is 4.79 Å². The van der Waals surface area contributed by atoms with Crippen LogP contribution < -0.4 is 10.1 Å². The van der Waals surface area contributed by atoms with Crippen molar-refractivity contribution < 1.29 is 14.1 Å². The molecule has 1 aromatic heterocycles. The first-order valence-electron chi connectivity index (χ1n) is 6.31. The van der Waals surface area contributed by atoms with Crippen molar-refractivity contribution in [3.05, 3.63) is 11.8 Å². The Balaban J connectivity index is 1.69. The molecule has 3 heterocycles. The zero-order valence-electron chi connectivity index (χ0n) is 10.4. The molecule has 18 heavy (non-hydrogen) atoms. The van der Waals surface area contributed by atoms with Gasteiger partial charge in [0.2, 0.25) is 5.76 Å². The standard InChI is InChI=1S/C12H17N3O3/c1-17-11-6-10(18-14-11)12(16)15-5-3-9-8(7-15)2-4-13-9/h6,8-9,13H,2-5,7H2,1H3. The van der Waals surface area contributed by atoms with Gasteiger partial charge < -0.3 is 19.5 Å². The Hall–Kier alpha value is -1.56. The molecular weight excluding hydrogens is 234 g/mol. The van der Waals surface area contributed by atoms with Crippen molar-refractivity contribution in [2.45, 2.75) is 18.9 Å². The maximum atomic E-state index is 12.2. The Morgan fingerprint density at radius 3 is 3.28 bits per heavy atom. The Labute approximate surface area is 105 Å². The summed E-state index contributed by atoms with van der Waals surface area (Å²) < 4.78 is 9.92. The van der Waals surface area contributed by atoms with Crippen molar-refractivity contribution in [3.63, 3.8) is 0 Å². The van der Waals surface area contributed by atoms with E-state index in [9.17, 15) is 4.79 Å². The summed E-state index contributed by atoms with van der Waals surface area (Å²) in [5.74, 6) is 1.09. The average Bonchev–Trinajstić information content (AvgIpc) is 3.05. The summed E-state index contributed by atoms with van der Waals surface area (Å²) in [4.78, 5) is 14.1. The summed E-state index contributed by atoms with van der Waals surface area (Å²) in [6.07, 6.45) is 2.16. The van der Waals surface area contributed by atoms with Crippen molar-refractivity contribution in [2.75, 3.05) is 26.7 Å². The molecule has 0 radical (unpaired) electrons. The fraction of sp³-hybridized carbons (Fsp3) is 0.667. The molecule has 2 unspecified atom stereocenters. The van der Waals surface area contributed by atoms with E-state index in [-0.39, 0.29) is 11.7 Å². The van der Waals surface area contributed by atoms with E-state index in [1.54, 1.807) is 6.07 Å². The van der Waals surface area contributed by atoms with Gasteiger partial charge in [0.25, 0.3) is 11.8 Å². The lowest BCUT2D eigenvalue weighted by Crippen LogP contribution is -2.46. The topological polar surface area (TPSA) is 67.6 Å². The molecule has 3 rings (SSSR count). The second-order valence-electron chi connectivity index (χ2n) is 4.88. The van der Waals surface area contributed by atoms with E-state index in [2.05, 4.69) is 10.5 Å². The highest BCUT2D eigenvalue weighted by atomic mass is 16.5. The van der Waals surface area contributed by atoms with E-state index in [0.717, 1.165) is 32.5 Å². The van der Waals surface area contributed by atoms with Crippen LogP contribution in [0.3, 0.4) is 0 Å². The maximum absolute atomic E-state index is 12.2. The molecule has 1 aromatic rings. The van der Waals surface area contributed by atoms with E-state index in [1.807, 2.05) is 4.90 Å². The van der Waals surface area contributed by atoms with Crippen LogP contribution in [0, 0.1) is 5.92 Å². The number of fused-ring (bicyclic) bond motifs is 1. The van der Waals surface area contributed by atoms with Crippen molar-refractivity contribution in [2.24, 2.45) is 5.92 Å². The Morgan fingerprint density at radius 2 is 2.50 bits per heavy atom. The highest BCUT2D eigenvalue weighted by Crippen LogP contribution is 2.26. The number of carbonyl (C=O) groups excluding carboxylic acids is 1. The first-order valence-corrected chi connectivity index (χ1v) is 6.31. The number of methoxy groups -OCH3 is 1. The van der Waals surface area contributed by atoms with E-state index in [1.165, 1.54) is 7.11 Å². The van der Waals surface area contributed by atoms with Gasteiger partial charge in [-0.15, -0.1) is 0 Å². The number of rotatable bonds is 2. The third kappa shape index (κ3) is 1.96. The van der Waals surface area contributed by atoms with Crippen LogP contribution in [0.5, 0.6) is 5.88 Å². The number of likely N-dealkylation sites (tertiary alicyclic amines) is 1. The molecule has 1 N–H and O–H groups in total. The quantitative estimate of drug-likeness (QED) is 0.829. The monoisotopic (exact) mass is 251 g/mol. The van der Waals surface area contributed by atoms with Crippen LogP contribution in [0.15, 0.2) is 10.6 Å². The van der Waals surface area contributed by atoms with E-state index < -0.39 is 0 Å². The SMILES string of the molecule is COc1cc(C(=O)N2CCC3NCCC3C2)on1. The molecule has 2 aliphatic heterocycles. The first-order chi connectivity index (χ1) is 8.78. The lowest BCUT2D eigenvalue weighted by molar-refractivity contribution is 0.0620. The Bertz CT molecular complexity index is 446. The summed E-state index contributed by atoms with van der Waals surface area (Å²) in [6, 6.07) is 2.12. The predicted molar refractivity (Wildman–Crippen MR) is 63.5 cm³/mol. The smallest absolute Gasteiger partial charge is 0.292 e.